The number of hydrogen-bond donors (Lipinski definition) is 1. The largest absolute Gasteiger partial charge is 0.358 e. The highest BCUT2D eigenvalue weighted by Gasteiger charge is 2.19. The summed E-state index contributed by atoms with van der Waals surface area (Å²) in [5.74, 6) is 0. The molecule has 4 rings (SSSR count). The van der Waals surface area contributed by atoms with Crippen molar-refractivity contribution in [1.82, 2.24) is 4.98 Å². The van der Waals surface area contributed by atoms with Gasteiger partial charge in [0.25, 0.3) is 0 Å². The number of nitrogens with one attached hydrogen (secondary N) is 1. The van der Waals surface area contributed by atoms with Gasteiger partial charge in [0.15, 0.2) is 0 Å². The summed E-state index contributed by atoms with van der Waals surface area (Å²) in [6.45, 7) is 0. The molecule has 3 heteroatoms. The van der Waals surface area contributed by atoms with Gasteiger partial charge < -0.3 is 4.98 Å². The highest BCUT2D eigenvalue weighted by Crippen LogP contribution is 2.32. The maximum Gasteiger partial charge on any atom is 0.0992 e. The predicted octanol–water partition coefficient (Wildman–Crippen LogP) is 4.12. The lowest BCUT2D eigenvalue weighted by Gasteiger charge is -2.16. The van der Waals surface area contributed by atoms with Gasteiger partial charge in [0.2, 0.25) is 0 Å². The number of alkyl halides is 1. The number of nitrogens with zero attached hydrogens (tertiary/aromatic N) is 1. The zero-order valence-corrected chi connectivity index (χ0v) is 11.8. The van der Waals surface area contributed by atoms with Gasteiger partial charge in [-0.15, -0.1) is 0 Å². The summed E-state index contributed by atoms with van der Waals surface area (Å²) < 4.78 is 9.50. The molecule has 21 heavy (non-hydrogen) atoms. The number of hydrogen-bond acceptors (Lipinski definition) is 1. The Kier molecular flexibility index (Phi) is 3.45. The van der Waals surface area contributed by atoms with Crippen LogP contribution in [0.3, 0.4) is 0 Å². The Morgan fingerprint density at radius 1 is 1.05 bits per heavy atom. The molecule has 0 spiro atoms. The molecule has 0 saturated carbocycles. The first-order valence-corrected chi connectivity index (χ1v) is 6.83. The minimum absolute atomic E-state index is 0.500. The van der Waals surface area contributed by atoms with E-state index in [1.165, 1.54) is 27.8 Å². The molecule has 0 aliphatic heterocycles. The second-order valence-corrected chi connectivity index (χ2v) is 5.08. The van der Waals surface area contributed by atoms with Crippen molar-refractivity contribution >= 4 is 10.9 Å². The molecule has 0 saturated heterocycles. The molecule has 0 bridgehead atoms. The van der Waals surface area contributed by atoms with Crippen LogP contribution in [0.15, 0.2) is 42.5 Å². The Morgan fingerprint density at radius 3 is 2.48 bits per heavy atom. The van der Waals surface area contributed by atoms with Gasteiger partial charge in [0.1, 0.15) is 0 Å². The van der Waals surface area contributed by atoms with E-state index in [0.717, 1.165) is 18.4 Å². The molecule has 0 atom stereocenters. The van der Waals surface area contributed by atoms with E-state index in [4.69, 9.17) is 5.26 Å². The van der Waals surface area contributed by atoms with Gasteiger partial charge >= 0.3 is 0 Å². The van der Waals surface area contributed by atoms with Crippen LogP contribution in [0, 0.1) is 11.3 Å². The summed E-state index contributed by atoms with van der Waals surface area (Å²) in [5.41, 5.74) is 7.30. The second kappa shape index (κ2) is 5.41. The third-order valence-corrected chi connectivity index (χ3v) is 3.98. The number of fused-ring (bicyclic) bond motifs is 4. The molecule has 1 aliphatic carbocycles. The Balaban J connectivity index is 0.000000636. The maximum atomic E-state index is 9.50. The minimum atomic E-state index is 0.500. The van der Waals surface area contributed by atoms with Gasteiger partial charge in [-0.3, -0.25) is 4.39 Å². The highest BCUT2D eigenvalue weighted by molar-refractivity contribution is 5.86. The molecule has 2 nitrogen and oxygen atoms in total. The first-order chi connectivity index (χ1) is 10.3. The Morgan fingerprint density at radius 2 is 1.76 bits per heavy atom. The van der Waals surface area contributed by atoms with E-state index in [9.17, 15) is 4.39 Å². The van der Waals surface area contributed by atoms with Crippen molar-refractivity contribution in [3.63, 3.8) is 0 Å². The number of rotatable bonds is 0. The van der Waals surface area contributed by atoms with Gasteiger partial charge in [0.05, 0.1) is 18.8 Å². The van der Waals surface area contributed by atoms with Crippen molar-refractivity contribution in [2.24, 2.45) is 0 Å². The van der Waals surface area contributed by atoms with E-state index in [-0.39, 0.29) is 0 Å². The number of nitriles is 1. The third-order valence-electron chi connectivity index (χ3n) is 3.98. The highest BCUT2D eigenvalue weighted by atomic mass is 19.1. The Bertz CT molecular complexity index is 840. The van der Waals surface area contributed by atoms with Crippen molar-refractivity contribution in [3.8, 4) is 6.07 Å². The molecular weight excluding hydrogens is 263 g/mol. The van der Waals surface area contributed by atoms with Gasteiger partial charge in [-0.05, 0) is 28.8 Å². The van der Waals surface area contributed by atoms with E-state index in [1.54, 1.807) is 0 Å². The van der Waals surface area contributed by atoms with Crippen LogP contribution >= 0.6 is 0 Å². The average Bonchev–Trinajstić information content (AvgIpc) is 2.91. The molecule has 0 amide bonds. The van der Waals surface area contributed by atoms with Crippen LogP contribution in [0.2, 0.25) is 0 Å². The van der Waals surface area contributed by atoms with Crippen LogP contribution in [0.1, 0.15) is 27.9 Å². The quantitative estimate of drug-likeness (QED) is 0.516. The Labute approximate surface area is 122 Å². The molecule has 2 aromatic carbocycles. The first kappa shape index (κ1) is 13.4. The fourth-order valence-electron chi connectivity index (χ4n) is 3.02. The zero-order valence-electron chi connectivity index (χ0n) is 11.8. The summed E-state index contributed by atoms with van der Waals surface area (Å²) in [6, 6.07) is 16.7. The first-order valence-electron chi connectivity index (χ1n) is 6.83. The smallest absolute Gasteiger partial charge is 0.0992 e. The normalized spacial score (nSPS) is 11.9. The van der Waals surface area contributed by atoms with Gasteiger partial charge in [0, 0.05) is 29.4 Å². The van der Waals surface area contributed by atoms with Crippen molar-refractivity contribution in [2.45, 2.75) is 12.8 Å². The maximum absolute atomic E-state index is 9.50. The molecule has 0 radical (unpaired) electrons. The lowest BCUT2D eigenvalue weighted by molar-refractivity contribution is 0.636. The average molecular weight is 278 g/mol. The van der Waals surface area contributed by atoms with Gasteiger partial charge in [-0.1, -0.05) is 30.3 Å². The van der Waals surface area contributed by atoms with E-state index in [2.05, 4.69) is 41.4 Å². The van der Waals surface area contributed by atoms with Crippen molar-refractivity contribution in [2.75, 3.05) is 7.18 Å². The van der Waals surface area contributed by atoms with E-state index in [0.29, 0.717) is 12.7 Å². The lowest BCUT2D eigenvalue weighted by Crippen LogP contribution is -2.05. The summed E-state index contributed by atoms with van der Waals surface area (Å²) in [4.78, 5) is 3.48. The van der Waals surface area contributed by atoms with E-state index in [1.807, 2.05) is 12.1 Å². The summed E-state index contributed by atoms with van der Waals surface area (Å²) in [7, 11) is 0.500. The number of aromatic nitrogens is 1. The zero-order chi connectivity index (χ0) is 14.8. The molecule has 1 aliphatic rings. The molecule has 0 fully saturated rings. The van der Waals surface area contributed by atoms with Crippen LogP contribution in [0.4, 0.5) is 4.39 Å². The third kappa shape index (κ3) is 2.19. The molecule has 1 heterocycles. The number of halogens is 1. The fourth-order valence-corrected chi connectivity index (χ4v) is 3.02. The SMILES string of the molecule is CF.N#Cc1ccc2c3c([nH]c2c1)Cc1ccccc1C3. The minimum Gasteiger partial charge on any atom is -0.358 e. The van der Waals surface area contributed by atoms with Gasteiger partial charge in [-0.2, -0.15) is 5.26 Å². The summed E-state index contributed by atoms with van der Waals surface area (Å²) in [6.07, 6.45) is 1.94. The van der Waals surface area contributed by atoms with Crippen LogP contribution in [-0.4, -0.2) is 12.2 Å². The van der Waals surface area contributed by atoms with Crippen LogP contribution in [0.5, 0.6) is 0 Å². The van der Waals surface area contributed by atoms with Crippen molar-refractivity contribution in [1.29, 1.82) is 5.26 Å². The standard InChI is InChI=1S/C17H12N2.CH3F/c18-10-11-5-6-14-15-8-12-3-1-2-4-13(12)9-17(15)19-16(14)7-11;1-2/h1-7,19H,8-9H2;1H3. The molecule has 104 valence electrons. The lowest BCUT2D eigenvalue weighted by atomic mass is 9.89. The Hall–Kier alpha value is -2.60. The molecule has 1 aromatic heterocycles. The van der Waals surface area contributed by atoms with Crippen molar-refractivity contribution < 1.29 is 4.39 Å². The second-order valence-electron chi connectivity index (χ2n) is 5.08. The molecular formula is C18H15FN2. The predicted molar refractivity (Wildman–Crippen MR) is 82.1 cm³/mol. The topological polar surface area (TPSA) is 39.6 Å². The molecule has 1 N–H and O–H groups in total. The summed E-state index contributed by atoms with van der Waals surface area (Å²) >= 11 is 0. The fraction of sp³-hybridized carbons (Fsp3) is 0.167. The van der Waals surface area contributed by atoms with E-state index < -0.39 is 0 Å². The van der Waals surface area contributed by atoms with Gasteiger partial charge in [-0.25, -0.2) is 0 Å². The number of H-pyrrole nitrogens is 1. The molecule has 0 unspecified atom stereocenters. The van der Waals surface area contributed by atoms with E-state index >= 15 is 0 Å². The monoisotopic (exact) mass is 278 g/mol. The molecule has 3 aromatic rings. The number of benzene rings is 2. The summed E-state index contributed by atoms with van der Waals surface area (Å²) in [5, 5.41) is 10.2. The van der Waals surface area contributed by atoms with Crippen LogP contribution in [-0.2, 0) is 12.8 Å². The van der Waals surface area contributed by atoms with Crippen LogP contribution < -0.4 is 0 Å². The van der Waals surface area contributed by atoms with Crippen molar-refractivity contribution in [3.05, 3.63) is 70.4 Å². The van der Waals surface area contributed by atoms with Crippen LogP contribution in [0.25, 0.3) is 10.9 Å². The number of aromatic amines is 1.